The summed E-state index contributed by atoms with van der Waals surface area (Å²) >= 11 is 1.66. The average Bonchev–Trinajstić information content (AvgIpc) is 2.97. The monoisotopic (exact) mass is 344 g/mol. The number of carboxylic acid groups (broad SMARTS) is 1. The fourth-order valence-corrected chi connectivity index (χ4v) is 3.33. The molecule has 0 aliphatic carbocycles. The van der Waals surface area contributed by atoms with E-state index in [-0.39, 0.29) is 12.1 Å². The first-order valence-corrected chi connectivity index (χ1v) is 8.42. The van der Waals surface area contributed by atoms with Gasteiger partial charge in [0.1, 0.15) is 5.82 Å². The first kappa shape index (κ1) is 16.4. The topological polar surface area (TPSA) is 62.2 Å². The molecule has 1 aromatic heterocycles. The van der Waals surface area contributed by atoms with Crippen molar-refractivity contribution < 1.29 is 14.3 Å². The van der Waals surface area contributed by atoms with Crippen LogP contribution in [0.3, 0.4) is 0 Å². The zero-order valence-electron chi connectivity index (χ0n) is 13.3. The van der Waals surface area contributed by atoms with E-state index in [1.165, 1.54) is 12.1 Å². The molecule has 0 atom stereocenters. The molecule has 0 aliphatic rings. The lowest BCUT2D eigenvalue weighted by Gasteiger charge is -2.08. The number of hydrogen-bond acceptors (Lipinski definition) is 4. The molecule has 2 aromatic carbocycles. The Morgan fingerprint density at radius 1 is 1.29 bits per heavy atom. The zero-order valence-corrected chi connectivity index (χ0v) is 14.2. The van der Waals surface area contributed by atoms with E-state index >= 15 is 0 Å². The Morgan fingerprint density at radius 2 is 2.08 bits per heavy atom. The molecule has 0 saturated heterocycles. The fraction of sp³-hybridized carbons (Fsp3) is 0.222. The SMILES string of the molecule is CC(C)c1nc2ccc(NCc3ccc(C(=O)O)cc3F)cc2s1. The largest absolute Gasteiger partial charge is 0.478 e. The number of halogens is 1. The van der Waals surface area contributed by atoms with Crippen LogP contribution in [-0.4, -0.2) is 16.1 Å². The third-order valence-corrected chi connectivity index (χ3v) is 5.00. The number of nitrogens with zero attached hydrogens (tertiary/aromatic N) is 1. The maximum absolute atomic E-state index is 13.9. The van der Waals surface area contributed by atoms with Crippen LogP contribution in [-0.2, 0) is 6.54 Å². The van der Waals surface area contributed by atoms with Crippen LogP contribution in [0.5, 0.6) is 0 Å². The molecule has 2 N–H and O–H groups in total. The van der Waals surface area contributed by atoms with Gasteiger partial charge in [-0.2, -0.15) is 0 Å². The molecule has 0 unspecified atom stereocenters. The Labute approximate surface area is 143 Å². The molecular weight excluding hydrogens is 327 g/mol. The number of fused-ring (bicyclic) bond motifs is 1. The number of thiazole rings is 1. The fourth-order valence-electron chi connectivity index (χ4n) is 2.32. The molecule has 0 aliphatic heterocycles. The number of hydrogen-bond donors (Lipinski definition) is 2. The number of anilines is 1. The molecule has 0 bridgehead atoms. The van der Waals surface area contributed by atoms with Crippen molar-refractivity contribution in [3.63, 3.8) is 0 Å². The second-order valence-electron chi connectivity index (χ2n) is 5.85. The lowest BCUT2D eigenvalue weighted by atomic mass is 10.1. The number of aromatic nitrogens is 1. The van der Waals surface area contributed by atoms with Crippen molar-refractivity contribution in [2.45, 2.75) is 26.3 Å². The van der Waals surface area contributed by atoms with E-state index in [9.17, 15) is 9.18 Å². The van der Waals surface area contributed by atoms with Gasteiger partial charge in [-0.1, -0.05) is 19.9 Å². The molecule has 0 saturated carbocycles. The van der Waals surface area contributed by atoms with Gasteiger partial charge in [0.25, 0.3) is 0 Å². The Bertz CT molecular complexity index is 905. The maximum atomic E-state index is 13.9. The van der Waals surface area contributed by atoms with Gasteiger partial charge in [-0.15, -0.1) is 11.3 Å². The van der Waals surface area contributed by atoms with E-state index in [1.54, 1.807) is 11.3 Å². The van der Waals surface area contributed by atoms with Crippen LogP contribution in [0, 0.1) is 5.82 Å². The molecule has 3 rings (SSSR count). The number of carboxylic acids is 1. The summed E-state index contributed by atoms with van der Waals surface area (Å²) in [6, 6.07) is 9.81. The minimum atomic E-state index is -1.13. The van der Waals surface area contributed by atoms with Crippen molar-refractivity contribution in [1.82, 2.24) is 4.98 Å². The standard InChI is InChI=1S/C18H17FN2O2S/c1-10(2)17-21-15-6-5-13(8-16(15)24-17)20-9-12-4-3-11(18(22)23)7-14(12)19/h3-8,10,20H,9H2,1-2H3,(H,22,23). The average molecular weight is 344 g/mol. The van der Waals surface area contributed by atoms with Gasteiger partial charge in [0.05, 0.1) is 20.8 Å². The highest BCUT2D eigenvalue weighted by molar-refractivity contribution is 7.18. The van der Waals surface area contributed by atoms with E-state index < -0.39 is 11.8 Å². The van der Waals surface area contributed by atoms with E-state index in [2.05, 4.69) is 24.1 Å². The van der Waals surface area contributed by atoms with Crippen LogP contribution < -0.4 is 5.32 Å². The highest BCUT2D eigenvalue weighted by atomic mass is 32.1. The maximum Gasteiger partial charge on any atom is 0.335 e. The molecule has 0 radical (unpaired) electrons. The number of nitrogens with one attached hydrogen (secondary N) is 1. The lowest BCUT2D eigenvalue weighted by molar-refractivity contribution is 0.0696. The highest BCUT2D eigenvalue weighted by Crippen LogP contribution is 2.29. The zero-order chi connectivity index (χ0) is 17.3. The summed E-state index contributed by atoms with van der Waals surface area (Å²) in [5, 5.41) is 13.1. The second-order valence-corrected chi connectivity index (χ2v) is 6.92. The molecule has 124 valence electrons. The van der Waals surface area contributed by atoms with E-state index in [4.69, 9.17) is 5.11 Å². The van der Waals surface area contributed by atoms with Crippen molar-refractivity contribution in [3.8, 4) is 0 Å². The van der Waals surface area contributed by atoms with E-state index in [1.807, 2.05) is 18.2 Å². The predicted octanol–water partition coefficient (Wildman–Crippen LogP) is 4.87. The van der Waals surface area contributed by atoms with Gasteiger partial charge in [-0.05, 0) is 30.3 Å². The van der Waals surface area contributed by atoms with Gasteiger partial charge in [-0.3, -0.25) is 0 Å². The quantitative estimate of drug-likeness (QED) is 0.693. The summed E-state index contributed by atoms with van der Waals surface area (Å²) < 4.78 is 15.0. The van der Waals surface area contributed by atoms with Crippen molar-refractivity contribution in [3.05, 3.63) is 58.3 Å². The molecule has 6 heteroatoms. The summed E-state index contributed by atoms with van der Waals surface area (Å²) in [5.41, 5.74) is 2.21. The molecule has 0 fully saturated rings. The van der Waals surface area contributed by atoms with Crippen molar-refractivity contribution in [2.75, 3.05) is 5.32 Å². The van der Waals surface area contributed by atoms with Crippen LogP contribution in [0.25, 0.3) is 10.2 Å². The normalized spacial score (nSPS) is 11.2. The minimum absolute atomic E-state index is 0.0523. The Balaban J connectivity index is 1.77. The van der Waals surface area contributed by atoms with Gasteiger partial charge in [0.2, 0.25) is 0 Å². The molecule has 4 nitrogen and oxygen atoms in total. The Hall–Kier alpha value is -2.47. The summed E-state index contributed by atoms with van der Waals surface area (Å²) in [7, 11) is 0. The van der Waals surface area contributed by atoms with Gasteiger partial charge in [-0.25, -0.2) is 14.2 Å². The first-order chi connectivity index (χ1) is 11.4. The third kappa shape index (κ3) is 3.38. The highest BCUT2D eigenvalue weighted by Gasteiger charge is 2.10. The third-order valence-electron chi connectivity index (χ3n) is 3.68. The summed E-state index contributed by atoms with van der Waals surface area (Å²) in [5.74, 6) is -1.27. The second kappa shape index (κ2) is 6.57. The summed E-state index contributed by atoms with van der Waals surface area (Å²) in [4.78, 5) is 15.4. The minimum Gasteiger partial charge on any atom is -0.478 e. The lowest BCUT2D eigenvalue weighted by Crippen LogP contribution is -2.04. The van der Waals surface area contributed by atoms with Gasteiger partial charge in [0, 0.05) is 23.7 Å². The Morgan fingerprint density at radius 3 is 2.75 bits per heavy atom. The van der Waals surface area contributed by atoms with Crippen molar-refractivity contribution in [2.24, 2.45) is 0 Å². The van der Waals surface area contributed by atoms with Crippen LogP contribution in [0.4, 0.5) is 10.1 Å². The number of aromatic carboxylic acids is 1. The van der Waals surface area contributed by atoms with Gasteiger partial charge >= 0.3 is 5.97 Å². The van der Waals surface area contributed by atoms with E-state index in [0.717, 1.165) is 27.0 Å². The molecule has 1 heterocycles. The number of rotatable bonds is 5. The van der Waals surface area contributed by atoms with Crippen LogP contribution in [0.1, 0.15) is 40.7 Å². The summed E-state index contributed by atoms with van der Waals surface area (Å²) in [6.45, 7) is 4.51. The molecule has 3 aromatic rings. The Kier molecular flexibility index (Phi) is 4.49. The van der Waals surface area contributed by atoms with Crippen LogP contribution >= 0.6 is 11.3 Å². The smallest absolute Gasteiger partial charge is 0.335 e. The van der Waals surface area contributed by atoms with Crippen LogP contribution in [0.2, 0.25) is 0 Å². The molecular formula is C18H17FN2O2S. The van der Waals surface area contributed by atoms with E-state index in [0.29, 0.717) is 11.5 Å². The molecule has 0 spiro atoms. The van der Waals surface area contributed by atoms with Crippen molar-refractivity contribution >= 4 is 33.2 Å². The predicted molar refractivity (Wildman–Crippen MR) is 94.4 cm³/mol. The number of benzene rings is 2. The van der Waals surface area contributed by atoms with Gasteiger partial charge in [0.15, 0.2) is 0 Å². The first-order valence-electron chi connectivity index (χ1n) is 7.60. The summed E-state index contributed by atoms with van der Waals surface area (Å²) in [6.07, 6.45) is 0. The number of carbonyl (C=O) groups is 1. The van der Waals surface area contributed by atoms with Crippen molar-refractivity contribution in [1.29, 1.82) is 0 Å². The van der Waals surface area contributed by atoms with Gasteiger partial charge < -0.3 is 10.4 Å². The molecule has 0 amide bonds. The molecule has 24 heavy (non-hydrogen) atoms. The van der Waals surface area contributed by atoms with Crippen LogP contribution in [0.15, 0.2) is 36.4 Å².